The largest absolute Gasteiger partial charge is 0.219 e. The van der Waals surface area contributed by atoms with Gasteiger partial charge in [-0.3, -0.25) is 0 Å². The fourth-order valence-electron chi connectivity index (χ4n) is 1.57. The van der Waals surface area contributed by atoms with E-state index >= 15 is 0 Å². The molecule has 0 radical (unpaired) electrons. The molecule has 0 aliphatic heterocycles. The summed E-state index contributed by atoms with van der Waals surface area (Å²) in [6.45, 7) is 4.06. The number of benzene rings is 1. The first-order valence-corrected chi connectivity index (χ1v) is 8.47. The van der Waals surface area contributed by atoms with Gasteiger partial charge in [0.2, 0.25) is 9.84 Å². The van der Waals surface area contributed by atoms with E-state index in [1.807, 2.05) is 19.1 Å². The van der Waals surface area contributed by atoms with Gasteiger partial charge in [-0.1, -0.05) is 53.4 Å². The van der Waals surface area contributed by atoms with Crippen LogP contribution in [0.25, 0.3) is 0 Å². The summed E-state index contributed by atoms with van der Waals surface area (Å²) >= 11 is 3.34. The highest BCUT2D eigenvalue weighted by Crippen LogP contribution is 2.21. The molecule has 1 aromatic carbocycles. The monoisotopic (exact) mass is 330 g/mol. The van der Waals surface area contributed by atoms with E-state index in [0.29, 0.717) is 4.90 Å². The van der Waals surface area contributed by atoms with Crippen LogP contribution in [0.5, 0.6) is 0 Å². The van der Waals surface area contributed by atoms with Crippen molar-refractivity contribution in [2.24, 2.45) is 0 Å². The third-order valence-corrected chi connectivity index (χ3v) is 5.10. The van der Waals surface area contributed by atoms with Gasteiger partial charge in [-0.15, -0.1) is 0 Å². The summed E-state index contributed by atoms with van der Waals surface area (Å²) in [5.41, 5.74) is 1.06. The number of unbranched alkanes of at least 4 members (excludes halogenated alkanes) is 2. The van der Waals surface area contributed by atoms with Gasteiger partial charge in [0.05, 0.1) is 4.90 Å². The Kier molecular flexibility index (Phi) is 6.09. The minimum absolute atomic E-state index is 0.348. The van der Waals surface area contributed by atoms with Crippen molar-refractivity contribution in [3.05, 3.63) is 39.7 Å². The maximum atomic E-state index is 12.1. The Hall–Kier alpha value is -0.610. The molecule has 100 valence electrons. The smallest absolute Gasteiger partial charge is 0.200 e. The summed E-state index contributed by atoms with van der Waals surface area (Å²) in [5.74, 6) is 0. The van der Waals surface area contributed by atoms with E-state index in [1.165, 1.54) is 5.41 Å². The molecule has 0 atom stereocenters. The zero-order valence-corrected chi connectivity index (χ0v) is 13.2. The first-order chi connectivity index (χ1) is 8.45. The predicted octanol–water partition coefficient (Wildman–Crippen LogP) is 4.59. The Morgan fingerprint density at radius 1 is 1.22 bits per heavy atom. The van der Waals surface area contributed by atoms with Crippen molar-refractivity contribution in [3.63, 3.8) is 0 Å². The third-order valence-electron chi connectivity index (χ3n) is 2.65. The summed E-state index contributed by atoms with van der Waals surface area (Å²) in [6, 6.07) is 6.92. The Morgan fingerprint density at radius 3 is 2.39 bits per heavy atom. The topological polar surface area (TPSA) is 34.1 Å². The maximum Gasteiger partial charge on any atom is 0.200 e. The van der Waals surface area contributed by atoms with Crippen molar-refractivity contribution in [1.82, 2.24) is 0 Å². The predicted molar refractivity (Wildman–Crippen MR) is 79.5 cm³/mol. The number of aryl methyl sites for hydroxylation is 1. The lowest BCUT2D eigenvalue weighted by Gasteiger charge is -2.02. The molecule has 0 saturated carbocycles. The number of halogens is 1. The summed E-state index contributed by atoms with van der Waals surface area (Å²) in [5, 5.41) is 1.33. The highest BCUT2D eigenvalue weighted by Gasteiger charge is 2.11. The van der Waals surface area contributed by atoms with Crippen molar-refractivity contribution in [3.8, 4) is 0 Å². The molecule has 0 bridgehead atoms. The molecule has 0 spiro atoms. The SMILES string of the molecule is CCCCC/C(Br)=C/S(=O)(=O)c1ccc(C)cc1. The number of rotatable bonds is 6. The van der Waals surface area contributed by atoms with Crippen LogP contribution in [0, 0.1) is 6.92 Å². The molecule has 0 N–H and O–H groups in total. The molecule has 0 amide bonds. The van der Waals surface area contributed by atoms with E-state index in [9.17, 15) is 8.42 Å². The van der Waals surface area contributed by atoms with Gasteiger partial charge >= 0.3 is 0 Å². The van der Waals surface area contributed by atoms with E-state index in [-0.39, 0.29) is 0 Å². The van der Waals surface area contributed by atoms with Gasteiger partial charge in [0.15, 0.2) is 0 Å². The van der Waals surface area contributed by atoms with Crippen molar-refractivity contribution in [1.29, 1.82) is 0 Å². The van der Waals surface area contributed by atoms with Crippen molar-refractivity contribution >= 4 is 25.8 Å². The molecule has 2 nitrogen and oxygen atoms in total. The van der Waals surface area contributed by atoms with E-state index in [2.05, 4.69) is 22.9 Å². The molecule has 1 rings (SSSR count). The summed E-state index contributed by atoms with van der Waals surface area (Å²) < 4.78 is 24.9. The minimum Gasteiger partial charge on any atom is -0.219 e. The van der Waals surface area contributed by atoms with Gasteiger partial charge in [0.25, 0.3) is 0 Å². The molecule has 1 aromatic rings. The van der Waals surface area contributed by atoms with Crippen LogP contribution in [0.1, 0.15) is 38.2 Å². The quantitative estimate of drug-likeness (QED) is 0.715. The minimum atomic E-state index is -3.32. The summed E-state index contributed by atoms with van der Waals surface area (Å²) in [6.07, 6.45) is 4.04. The molecule has 0 saturated heterocycles. The van der Waals surface area contributed by atoms with Crippen LogP contribution in [0.4, 0.5) is 0 Å². The van der Waals surface area contributed by atoms with E-state index in [1.54, 1.807) is 12.1 Å². The molecule has 0 aliphatic carbocycles. The normalized spacial score (nSPS) is 12.7. The fourth-order valence-corrected chi connectivity index (χ4v) is 3.69. The number of sulfone groups is 1. The van der Waals surface area contributed by atoms with Crippen LogP contribution >= 0.6 is 15.9 Å². The average Bonchev–Trinajstić information content (AvgIpc) is 2.29. The third kappa shape index (κ3) is 4.94. The lowest BCUT2D eigenvalue weighted by atomic mass is 10.2. The highest BCUT2D eigenvalue weighted by atomic mass is 79.9. The van der Waals surface area contributed by atoms with E-state index < -0.39 is 9.84 Å². The van der Waals surface area contributed by atoms with Crippen LogP contribution in [-0.2, 0) is 9.84 Å². The standard InChI is InChI=1S/C14H19BrO2S/c1-3-4-5-6-13(15)11-18(16,17)14-9-7-12(2)8-10-14/h7-11H,3-6H2,1-2H3/b13-11-. The van der Waals surface area contributed by atoms with E-state index in [0.717, 1.165) is 35.7 Å². The Bertz CT molecular complexity index is 501. The zero-order valence-electron chi connectivity index (χ0n) is 10.8. The van der Waals surface area contributed by atoms with Crippen LogP contribution in [0.2, 0.25) is 0 Å². The Balaban J connectivity index is 2.80. The summed E-state index contributed by atoms with van der Waals surface area (Å²) in [4.78, 5) is 0.348. The molecule has 0 fully saturated rings. The van der Waals surface area contributed by atoms with Crippen molar-refractivity contribution in [2.75, 3.05) is 0 Å². The van der Waals surface area contributed by atoms with Crippen LogP contribution in [-0.4, -0.2) is 8.42 Å². The van der Waals surface area contributed by atoms with Crippen molar-refractivity contribution in [2.45, 2.75) is 44.4 Å². The second-order valence-electron chi connectivity index (χ2n) is 4.38. The maximum absolute atomic E-state index is 12.1. The molecule has 18 heavy (non-hydrogen) atoms. The Morgan fingerprint density at radius 2 is 1.83 bits per heavy atom. The lowest BCUT2D eigenvalue weighted by Crippen LogP contribution is -1.97. The molecular formula is C14H19BrO2S. The van der Waals surface area contributed by atoms with Gasteiger partial charge in [-0.05, 0) is 31.9 Å². The molecule has 4 heteroatoms. The number of allylic oxidation sites excluding steroid dienone is 1. The fraction of sp³-hybridized carbons (Fsp3) is 0.429. The van der Waals surface area contributed by atoms with Gasteiger partial charge in [-0.25, -0.2) is 8.42 Å². The van der Waals surface area contributed by atoms with Gasteiger partial charge in [0.1, 0.15) is 0 Å². The number of hydrogen-bond donors (Lipinski definition) is 0. The van der Waals surface area contributed by atoms with Crippen molar-refractivity contribution < 1.29 is 8.42 Å². The molecule has 0 aromatic heterocycles. The molecule has 0 heterocycles. The Labute approximate surface area is 118 Å². The number of hydrogen-bond acceptors (Lipinski definition) is 2. The molecule has 0 unspecified atom stereocenters. The second-order valence-corrected chi connectivity index (χ2v) is 7.20. The summed E-state index contributed by atoms with van der Waals surface area (Å²) in [7, 11) is -3.32. The molecular weight excluding hydrogens is 312 g/mol. The lowest BCUT2D eigenvalue weighted by molar-refractivity contribution is 0.604. The van der Waals surface area contributed by atoms with E-state index in [4.69, 9.17) is 0 Å². The van der Waals surface area contributed by atoms with Crippen LogP contribution < -0.4 is 0 Å². The van der Waals surface area contributed by atoms with Gasteiger partial charge < -0.3 is 0 Å². The van der Waals surface area contributed by atoms with Crippen LogP contribution in [0.3, 0.4) is 0 Å². The van der Waals surface area contributed by atoms with Crippen LogP contribution in [0.15, 0.2) is 39.1 Å². The zero-order chi connectivity index (χ0) is 13.6. The highest BCUT2D eigenvalue weighted by molar-refractivity contribution is 9.11. The second kappa shape index (κ2) is 7.10. The van der Waals surface area contributed by atoms with Gasteiger partial charge in [-0.2, -0.15) is 0 Å². The molecule has 0 aliphatic rings. The average molecular weight is 331 g/mol. The first kappa shape index (κ1) is 15.4. The first-order valence-electron chi connectivity index (χ1n) is 6.13. The van der Waals surface area contributed by atoms with Gasteiger partial charge in [0, 0.05) is 9.89 Å².